The van der Waals surface area contributed by atoms with E-state index >= 15 is 19.2 Å². The maximum atomic E-state index is 15.4. The first kappa shape index (κ1) is 83.3. The largest absolute Gasteiger partial charge is 0.390 e. The molecule has 2 rings (SSSR count). The highest BCUT2D eigenvalue weighted by Crippen LogP contribution is 2.30. The summed E-state index contributed by atoms with van der Waals surface area (Å²) in [5.41, 5.74) is 0. The highest BCUT2D eigenvalue weighted by molar-refractivity contribution is 6.00. The van der Waals surface area contributed by atoms with Crippen molar-refractivity contribution in [1.82, 2.24) is 49.4 Å². The van der Waals surface area contributed by atoms with Crippen molar-refractivity contribution in [2.45, 2.75) is 236 Å². The van der Waals surface area contributed by atoms with Crippen LogP contribution in [0.5, 0.6) is 0 Å². The van der Waals surface area contributed by atoms with Gasteiger partial charge in [0.05, 0.1) is 18.2 Å². The van der Waals surface area contributed by atoms with Crippen molar-refractivity contribution in [3.05, 3.63) is 0 Å². The van der Waals surface area contributed by atoms with Crippen LogP contribution in [0, 0.1) is 59.2 Å². The summed E-state index contributed by atoms with van der Waals surface area (Å²) in [7, 11) is 12.2. The number of carbonyl (C=O) groups is 12. The third-order valence-corrected chi connectivity index (χ3v) is 19.6. The van der Waals surface area contributed by atoms with Gasteiger partial charge in [-0.1, -0.05) is 104 Å². The minimum Gasteiger partial charge on any atom is -0.390 e. The molecule has 2 aliphatic rings. The van der Waals surface area contributed by atoms with Gasteiger partial charge in [-0.15, -0.1) is 0 Å². The predicted octanol–water partition coefficient (Wildman–Crippen LogP) is 5.52. The number of Topliss-reactive ketones (excluding diaryl/α,β-unsaturated/α-hetero) is 3. The number of carbonyl (C=O) groups excluding carboxylic acids is 12. The van der Waals surface area contributed by atoms with Crippen LogP contribution < -0.4 is 5.32 Å². The molecular formula is C70H124N10O13. The molecule has 2 aliphatic heterocycles. The van der Waals surface area contributed by atoms with E-state index in [0.29, 0.717) is 19.5 Å². The Bertz CT molecular complexity index is 2570. The molecule has 2 heterocycles. The highest BCUT2D eigenvalue weighted by atomic mass is 16.3. The number of aliphatic hydroxyl groups excluding tert-OH is 1. The molecule has 0 spiro atoms. The fraction of sp³-hybridized carbons (Fsp3) is 0.829. The third kappa shape index (κ3) is 22.6. The van der Waals surface area contributed by atoms with Gasteiger partial charge in [0.15, 0.2) is 17.3 Å². The van der Waals surface area contributed by atoms with E-state index < -0.39 is 167 Å². The number of ketones is 3. The molecule has 0 aromatic carbocycles. The second kappa shape index (κ2) is 37.5. The smallest absolute Gasteiger partial charge is 0.246 e. The number of nitrogens with one attached hydrogen (secondary N) is 1. The van der Waals surface area contributed by atoms with Crippen LogP contribution in [-0.4, -0.2) is 257 Å². The summed E-state index contributed by atoms with van der Waals surface area (Å²) < 4.78 is 0. The lowest BCUT2D eigenvalue weighted by atomic mass is 9.84. The average molecular weight is 1310 g/mol. The van der Waals surface area contributed by atoms with Crippen LogP contribution in [-0.2, 0) is 57.5 Å². The predicted molar refractivity (Wildman–Crippen MR) is 360 cm³/mol. The average Bonchev–Trinajstić information content (AvgIpc) is 0.845. The zero-order valence-corrected chi connectivity index (χ0v) is 61.7. The number of rotatable bonds is 16. The fourth-order valence-electron chi connectivity index (χ4n) is 13.2. The molecular weight excluding hydrogens is 1190 g/mol. The van der Waals surface area contributed by atoms with Crippen LogP contribution in [0.2, 0.25) is 0 Å². The minimum absolute atomic E-state index is 0.0276. The molecule has 1 unspecified atom stereocenters. The topological polar surface area (TPSA) is 266 Å². The second-order valence-electron chi connectivity index (χ2n) is 29.7. The van der Waals surface area contributed by atoms with Crippen LogP contribution in [0.4, 0.5) is 0 Å². The van der Waals surface area contributed by atoms with Crippen LogP contribution >= 0.6 is 0 Å². The van der Waals surface area contributed by atoms with Gasteiger partial charge in [0.25, 0.3) is 0 Å². The lowest BCUT2D eigenvalue weighted by molar-refractivity contribution is -0.157. The van der Waals surface area contributed by atoms with E-state index in [1.165, 1.54) is 92.6 Å². The van der Waals surface area contributed by atoms with E-state index in [1.54, 1.807) is 62.3 Å². The van der Waals surface area contributed by atoms with E-state index in [9.17, 15) is 43.5 Å². The number of hydrogen-bond acceptors (Lipinski definition) is 14. The molecule has 0 radical (unpaired) electrons. The van der Waals surface area contributed by atoms with E-state index in [2.05, 4.69) is 10.2 Å². The Hall–Kier alpha value is -5.84. The Morgan fingerprint density at radius 1 is 0.473 bits per heavy atom. The van der Waals surface area contributed by atoms with Crippen molar-refractivity contribution >= 4 is 70.5 Å². The summed E-state index contributed by atoms with van der Waals surface area (Å²) >= 11 is 0. The third-order valence-electron chi connectivity index (χ3n) is 19.6. The molecule has 0 saturated carbocycles. The van der Waals surface area contributed by atoms with Gasteiger partial charge in [0, 0.05) is 119 Å². The zero-order valence-electron chi connectivity index (χ0n) is 61.7. The van der Waals surface area contributed by atoms with Crippen molar-refractivity contribution in [2.75, 3.05) is 82.6 Å². The summed E-state index contributed by atoms with van der Waals surface area (Å²) in [4.78, 5) is 189. The molecule has 93 heavy (non-hydrogen) atoms. The molecule has 23 nitrogen and oxygen atoms in total. The lowest BCUT2D eigenvalue weighted by Crippen LogP contribution is -2.62. The molecule has 0 aromatic heterocycles. The Morgan fingerprint density at radius 2 is 0.903 bits per heavy atom. The summed E-state index contributed by atoms with van der Waals surface area (Å²) in [6.07, 6.45) is -1.00. The number of aliphatic hydroxyl groups is 1. The van der Waals surface area contributed by atoms with Gasteiger partial charge in [-0.2, -0.15) is 0 Å². The van der Waals surface area contributed by atoms with E-state index in [1.807, 2.05) is 53.5 Å². The Morgan fingerprint density at radius 3 is 1.37 bits per heavy atom. The normalized spacial score (nSPS) is 27.8. The number of piperazine rings is 1. The zero-order chi connectivity index (χ0) is 71.7. The molecule has 2 saturated heterocycles. The first-order valence-electron chi connectivity index (χ1n) is 34.4. The van der Waals surface area contributed by atoms with Gasteiger partial charge in [-0.25, -0.2) is 0 Å². The summed E-state index contributed by atoms with van der Waals surface area (Å²) in [5, 5.41) is 15.2. The summed E-state index contributed by atoms with van der Waals surface area (Å²) in [6, 6.07) is -9.54. The van der Waals surface area contributed by atoms with Crippen molar-refractivity contribution in [1.29, 1.82) is 0 Å². The Balaban J connectivity index is 2.98. The first-order valence-corrected chi connectivity index (χ1v) is 34.4. The molecule has 13 atom stereocenters. The van der Waals surface area contributed by atoms with Gasteiger partial charge >= 0.3 is 0 Å². The monoisotopic (exact) mass is 1310 g/mol. The number of hydrogen-bond donors (Lipinski definition) is 2. The maximum absolute atomic E-state index is 15.4. The molecule has 532 valence electrons. The fourth-order valence-corrected chi connectivity index (χ4v) is 13.2. The summed E-state index contributed by atoms with van der Waals surface area (Å²) in [5.74, 6) is -11.7. The SMILES string of the molecule is CC[C@H]1CC(=O)[C@@H]([C@H](O)[C@H](C)CCCC(=O)N2CCN(C)CC2)N(C)C(=O)[C@@H](C(C)C)N(C)C(=O)[C@@H](CC(C)C)N(C)C(=O)C(C(C)C)N(C)C(=O)[C@H](C)NC(=O)[C@@H](C)CC(=O)[C@@H](CC(C)C)N(C)C(=O)[C@@H](C(C)C)CC(=O)[C@H](CC(C)C)N(C)C(=O)[C@@H](C)N(C)C1=O. The molecule has 2 fully saturated rings. The van der Waals surface area contributed by atoms with Crippen LogP contribution in [0.3, 0.4) is 0 Å². The standard InChI is InChI=1S/C70H124N10O13/c1-26-50-38-57(83)61(62(85)46(14)28-27-29-58(84)80-32-30-72(18)31-33-80)79(25)70(93)60(45(12)13)78(24)68(91)54(36-42(6)7)76(22)69(92)59(44(10)11)77(23)64(87)48(16)71-63(86)47(15)37-55(81)52(34-40(2)3)75(21)67(90)51(43(8)9)39-56(82)53(35-41(4)5)74(20)65(88)49(17)73(19)66(50)89/h40-54,59-62,85H,26-39H2,1-25H3,(H,71,86)/t46-,47+,48+,49-,50+,51-,52-,53+,54-,59?,60-,61+,62-/m1/s1. The Kier molecular flexibility index (Phi) is 33.5. The van der Waals surface area contributed by atoms with Crippen molar-refractivity contribution < 1.29 is 62.6 Å². The minimum atomic E-state index is -1.57. The van der Waals surface area contributed by atoms with Crippen molar-refractivity contribution in [3.63, 3.8) is 0 Å². The molecule has 0 aliphatic carbocycles. The quantitative estimate of drug-likeness (QED) is 0.193. The maximum Gasteiger partial charge on any atom is 0.246 e. The van der Waals surface area contributed by atoms with Gasteiger partial charge in [-0.3, -0.25) is 57.5 Å². The number of likely N-dealkylation sites (N-methyl/N-ethyl adjacent to an activating group) is 8. The molecule has 0 aromatic rings. The first-order chi connectivity index (χ1) is 43.0. The van der Waals surface area contributed by atoms with Gasteiger partial charge < -0.3 is 54.5 Å². The van der Waals surface area contributed by atoms with Crippen molar-refractivity contribution in [3.8, 4) is 0 Å². The highest BCUT2D eigenvalue weighted by Gasteiger charge is 2.46. The van der Waals surface area contributed by atoms with E-state index in [4.69, 9.17) is 0 Å². The molecule has 23 heteroatoms. The Labute approximate surface area is 558 Å². The van der Waals surface area contributed by atoms with E-state index in [0.717, 1.165) is 18.0 Å². The number of nitrogens with zero attached hydrogens (tertiary/aromatic N) is 9. The summed E-state index contributed by atoms with van der Waals surface area (Å²) in [6.45, 7) is 32.6. The second-order valence-corrected chi connectivity index (χ2v) is 29.7. The van der Waals surface area contributed by atoms with Crippen LogP contribution in [0.15, 0.2) is 0 Å². The van der Waals surface area contributed by atoms with Gasteiger partial charge in [-0.05, 0) is 101 Å². The van der Waals surface area contributed by atoms with Gasteiger partial charge in [0.2, 0.25) is 53.2 Å². The van der Waals surface area contributed by atoms with Crippen molar-refractivity contribution in [2.24, 2.45) is 59.2 Å². The lowest BCUT2D eigenvalue weighted by Gasteiger charge is -2.42. The molecule has 9 amide bonds. The van der Waals surface area contributed by atoms with E-state index in [-0.39, 0.29) is 75.0 Å². The molecule has 2 N–H and O–H groups in total. The van der Waals surface area contributed by atoms with Crippen LogP contribution in [0.1, 0.15) is 182 Å². The molecule has 0 bridgehead atoms. The van der Waals surface area contributed by atoms with Crippen LogP contribution in [0.25, 0.3) is 0 Å². The van der Waals surface area contributed by atoms with Gasteiger partial charge in [0.1, 0.15) is 36.3 Å². The number of amides is 9.